The minimum Gasteiger partial charge on any atom is -0.484 e. The van der Waals surface area contributed by atoms with Crippen LogP contribution in [0.3, 0.4) is 0 Å². The van der Waals surface area contributed by atoms with Gasteiger partial charge in [-0.2, -0.15) is 0 Å². The zero-order valence-corrected chi connectivity index (χ0v) is 23.5. The van der Waals surface area contributed by atoms with Crippen molar-refractivity contribution in [1.82, 2.24) is 35.9 Å². The molecule has 1 aromatic carbocycles. The minimum atomic E-state index is -0.871. The zero-order chi connectivity index (χ0) is 29.2. The van der Waals surface area contributed by atoms with E-state index in [4.69, 9.17) is 69.2 Å². The molecule has 4 rings (SSSR count). The van der Waals surface area contributed by atoms with E-state index in [1.54, 1.807) is 0 Å². The first kappa shape index (κ1) is 29.6. The van der Waals surface area contributed by atoms with Crippen molar-refractivity contribution in [3.8, 4) is 17.2 Å². The van der Waals surface area contributed by atoms with E-state index in [1.165, 1.54) is 12.1 Å². The first-order chi connectivity index (χ1) is 19.8. The van der Waals surface area contributed by atoms with Crippen LogP contribution in [0.1, 0.15) is 53.7 Å². The SMILES string of the molecule is O=C(O)CCCCCNC(=O)c1c(OCc2n[nH]c(=S)o2)cc(OCc2n[nH]c(=S)o2)cc1OCc1n[nH]c(=S)o1. The number of carbonyl (C=O) groups is 2. The third-order valence-corrected chi connectivity index (χ3v) is 5.66. The summed E-state index contributed by atoms with van der Waals surface area (Å²) in [6.07, 6.45) is 1.72. The van der Waals surface area contributed by atoms with Crippen molar-refractivity contribution in [2.45, 2.75) is 45.5 Å². The summed E-state index contributed by atoms with van der Waals surface area (Å²) in [5.74, 6) is -0.578. The smallest absolute Gasteiger partial charge is 0.303 e. The molecule has 3 aromatic heterocycles. The van der Waals surface area contributed by atoms with E-state index >= 15 is 0 Å². The number of aliphatic carboxylic acids is 1. The van der Waals surface area contributed by atoms with E-state index in [2.05, 4.69) is 35.9 Å². The highest BCUT2D eigenvalue weighted by Crippen LogP contribution is 2.36. The van der Waals surface area contributed by atoms with Gasteiger partial charge in [0, 0.05) is 25.1 Å². The lowest BCUT2D eigenvalue weighted by Gasteiger charge is -2.17. The van der Waals surface area contributed by atoms with Crippen molar-refractivity contribution in [3.63, 3.8) is 0 Å². The highest BCUT2D eigenvalue weighted by molar-refractivity contribution is 7.71. The molecule has 0 atom stereocenters. The van der Waals surface area contributed by atoms with Gasteiger partial charge in [0.1, 0.15) is 22.8 Å². The van der Waals surface area contributed by atoms with E-state index in [9.17, 15) is 9.59 Å². The first-order valence-corrected chi connectivity index (χ1v) is 13.2. The molecule has 0 unspecified atom stereocenters. The Morgan fingerprint density at radius 2 is 1.27 bits per heavy atom. The van der Waals surface area contributed by atoms with Gasteiger partial charge < -0.3 is 37.9 Å². The second kappa shape index (κ2) is 14.3. The Morgan fingerprint density at radius 1 is 0.780 bits per heavy atom. The Hall–Kier alpha value is -4.36. The Morgan fingerprint density at radius 3 is 1.71 bits per heavy atom. The highest BCUT2D eigenvalue weighted by Gasteiger charge is 2.23. The van der Waals surface area contributed by atoms with E-state index in [0.29, 0.717) is 19.3 Å². The first-order valence-electron chi connectivity index (χ1n) is 12.0. The maximum atomic E-state index is 13.4. The molecule has 4 aromatic rings. The number of nitrogens with one attached hydrogen (secondary N) is 4. The second-order valence-electron chi connectivity index (χ2n) is 8.14. The Balaban J connectivity index is 1.59. The topological polar surface area (TPSA) is 220 Å². The van der Waals surface area contributed by atoms with E-state index in [1.807, 2.05) is 0 Å². The molecular formula is C22H23N7O9S3. The summed E-state index contributed by atoms with van der Waals surface area (Å²) in [7, 11) is 0. The fourth-order valence-corrected chi connectivity index (χ4v) is 3.79. The highest BCUT2D eigenvalue weighted by atomic mass is 32.1. The number of aromatic nitrogens is 6. The number of hydrogen-bond donors (Lipinski definition) is 5. The van der Waals surface area contributed by atoms with E-state index in [0.717, 1.165) is 0 Å². The van der Waals surface area contributed by atoms with Crippen LogP contribution in [0.4, 0.5) is 0 Å². The number of unbranched alkanes of at least 4 members (excludes halogenated alkanes) is 2. The van der Waals surface area contributed by atoms with E-state index in [-0.39, 0.29) is 87.8 Å². The molecule has 218 valence electrons. The molecule has 0 saturated carbocycles. The van der Waals surface area contributed by atoms with Gasteiger partial charge in [0.2, 0.25) is 0 Å². The minimum absolute atomic E-state index is 0.0310. The van der Waals surface area contributed by atoms with Crippen molar-refractivity contribution >= 4 is 48.5 Å². The van der Waals surface area contributed by atoms with Gasteiger partial charge in [-0.3, -0.25) is 9.59 Å². The van der Waals surface area contributed by atoms with Crippen LogP contribution in [-0.2, 0) is 24.6 Å². The fourth-order valence-electron chi connectivity index (χ4n) is 3.36. The Bertz CT molecular complexity index is 1580. The largest absolute Gasteiger partial charge is 0.484 e. The molecule has 0 aliphatic rings. The number of hydrogen-bond acceptors (Lipinski definition) is 14. The van der Waals surface area contributed by atoms with Crippen molar-refractivity contribution in [1.29, 1.82) is 0 Å². The van der Waals surface area contributed by atoms with Gasteiger partial charge in [-0.1, -0.05) is 6.42 Å². The molecule has 0 fully saturated rings. The third-order valence-electron chi connectivity index (χ3n) is 5.13. The van der Waals surface area contributed by atoms with Crippen LogP contribution >= 0.6 is 36.7 Å². The number of aromatic amines is 3. The average molecular weight is 626 g/mol. The molecule has 0 aliphatic carbocycles. The number of nitrogens with zero attached hydrogens (tertiary/aromatic N) is 3. The van der Waals surface area contributed by atoms with Crippen LogP contribution in [0, 0.1) is 14.5 Å². The lowest BCUT2D eigenvalue weighted by molar-refractivity contribution is -0.137. The number of carboxylic acid groups (broad SMARTS) is 1. The average Bonchev–Trinajstić information content (AvgIpc) is 3.67. The third kappa shape index (κ3) is 9.08. The van der Waals surface area contributed by atoms with Crippen molar-refractivity contribution < 1.29 is 42.2 Å². The number of ether oxygens (including phenoxy) is 3. The number of carboxylic acids is 1. The van der Waals surface area contributed by atoms with Gasteiger partial charge in [0.05, 0.1) is 0 Å². The molecule has 0 spiro atoms. The van der Waals surface area contributed by atoms with Crippen molar-refractivity contribution in [3.05, 3.63) is 49.9 Å². The molecular weight excluding hydrogens is 602 g/mol. The number of amides is 1. The summed E-state index contributed by atoms with van der Waals surface area (Å²) in [6, 6.07) is 2.94. The standard InChI is InChI=1S/C22H23N7O9S3/c30-17(31)4-2-1-3-5-23-19(32)18-12(34-9-15-25-28-21(40)37-15)6-11(33-8-14-24-27-20(39)36-14)7-13(18)35-10-16-26-29-22(41)38-16/h6-7H,1-5,8-10H2,(H,23,32)(H,27,39)(H,28,40)(H,29,41)(H,30,31). The maximum absolute atomic E-state index is 13.4. The molecule has 0 aliphatic heterocycles. The summed E-state index contributed by atoms with van der Waals surface area (Å²) in [5.41, 5.74) is 0.0310. The van der Waals surface area contributed by atoms with Gasteiger partial charge in [-0.25, -0.2) is 15.3 Å². The molecule has 16 nitrogen and oxygen atoms in total. The molecule has 0 bridgehead atoms. The molecule has 3 heterocycles. The Kier molecular flexibility index (Phi) is 10.3. The lowest BCUT2D eigenvalue weighted by Crippen LogP contribution is -2.26. The predicted octanol–water partition coefficient (Wildman–Crippen LogP) is 3.94. The van der Waals surface area contributed by atoms with Crippen LogP contribution in [0.2, 0.25) is 0 Å². The second-order valence-corrected chi connectivity index (χ2v) is 9.25. The Labute approximate surface area is 245 Å². The fraction of sp³-hybridized carbons (Fsp3) is 0.364. The summed E-state index contributed by atoms with van der Waals surface area (Å²) < 4.78 is 33.3. The molecule has 0 saturated heterocycles. The predicted molar refractivity (Wildman–Crippen MR) is 143 cm³/mol. The molecule has 5 N–H and O–H groups in total. The van der Waals surface area contributed by atoms with Gasteiger partial charge in [-0.15, -0.1) is 15.3 Å². The molecule has 19 heteroatoms. The van der Waals surface area contributed by atoms with Gasteiger partial charge in [0.25, 0.3) is 38.1 Å². The zero-order valence-electron chi connectivity index (χ0n) is 21.1. The molecule has 0 radical (unpaired) electrons. The van der Waals surface area contributed by atoms with Crippen LogP contribution in [0.5, 0.6) is 17.2 Å². The summed E-state index contributed by atoms with van der Waals surface area (Å²) in [6.45, 7) is -0.196. The van der Waals surface area contributed by atoms with Crippen LogP contribution in [0.15, 0.2) is 25.4 Å². The summed E-state index contributed by atoms with van der Waals surface area (Å²) in [4.78, 5) is 24.3. The quantitative estimate of drug-likeness (QED) is 0.0879. The van der Waals surface area contributed by atoms with E-state index < -0.39 is 11.9 Å². The van der Waals surface area contributed by atoms with Crippen LogP contribution in [0.25, 0.3) is 0 Å². The van der Waals surface area contributed by atoms with Gasteiger partial charge in [0.15, 0.2) is 19.8 Å². The number of benzene rings is 1. The van der Waals surface area contributed by atoms with Crippen molar-refractivity contribution in [2.24, 2.45) is 0 Å². The summed E-state index contributed by atoms with van der Waals surface area (Å²) in [5, 5.41) is 30.8. The van der Waals surface area contributed by atoms with Crippen LogP contribution < -0.4 is 19.5 Å². The molecule has 41 heavy (non-hydrogen) atoms. The normalized spacial score (nSPS) is 10.8. The lowest BCUT2D eigenvalue weighted by atomic mass is 10.1. The number of carbonyl (C=O) groups excluding carboxylic acids is 1. The summed E-state index contributed by atoms with van der Waals surface area (Å²) >= 11 is 14.7. The van der Waals surface area contributed by atoms with Crippen LogP contribution in [-0.4, -0.2) is 54.1 Å². The molecule has 1 amide bonds. The monoisotopic (exact) mass is 625 g/mol. The van der Waals surface area contributed by atoms with Gasteiger partial charge >= 0.3 is 5.97 Å². The van der Waals surface area contributed by atoms with Gasteiger partial charge in [-0.05, 0) is 49.5 Å². The number of H-pyrrole nitrogens is 3. The maximum Gasteiger partial charge on any atom is 0.303 e. The van der Waals surface area contributed by atoms with Crippen molar-refractivity contribution in [2.75, 3.05) is 6.54 Å². The number of rotatable bonds is 16.